The molecule has 4 nitrogen and oxygen atoms in total. The number of hydrogen-bond acceptors (Lipinski definition) is 3. The van der Waals surface area contributed by atoms with Crippen LogP contribution in [0, 0.1) is 0 Å². The van der Waals surface area contributed by atoms with Gasteiger partial charge in [0.25, 0.3) is 0 Å². The second kappa shape index (κ2) is 12.8. The summed E-state index contributed by atoms with van der Waals surface area (Å²) in [5.41, 5.74) is 14.1. The number of benzene rings is 9. The topological polar surface area (TPSA) is 34.0 Å². The third-order valence-electron chi connectivity index (χ3n) is 12.9. The van der Waals surface area contributed by atoms with E-state index in [1.807, 2.05) is 0 Å². The van der Waals surface area contributed by atoms with Gasteiger partial charge >= 0.3 is 0 Å². The van der Waals surface area contributed by atoms with Crippen LogP contribution in [0.4, 0.5) is 11.4 Å². The van der Waals surface area contributed by atoms with Gasteiger partial charge in [0.15, 0.2) is 0 Å². The molecule has 0 bridgehead atoms. The number of fused-ring (bicyclic) bond motifs is 12. The Morgan fingerprint density at radius 2 is 1.08 bits per heavy atom. The molecule has 0 amide bonds. The minimum atomic E-state index is 0.105. The third kappa shape index (κ3) is 4.73. The Morgan fingerprint density at radius 1 is 0.433 bits per heavy atom. The molecule has 13 rings (SSSR count). The maximum Gasteiger partial charge on any atom is 0.235 e. The van der Waals surface area contributed by atoms with Crippen molar-refractivity contribution in [1.29, 1.82) is 0 Å². The molecular weight excluding hydrogens is 729 g/mol. The molecule has 0 fully saturated rings. The van der Waals surface area contributed by atoms with Gasteiger partial charge in [-0.25, -0.2) is 9.97 Å². The molecule has 2 atom stereocenters. The second-order valence-corrected chi connectivity index (χ2v) is 16.0. The summed E-state index contributed by atoms with van der Waals surface area (Å²) in [5, 5.41) is 8.28. The van der Waals surface area contributed by atoms with E-state index in [-0.39, 0.29) is 12.0 Å². The predicted octanol–water partition coefficient (Wildman–Crippen LogP) is 14.1. The lowest BCUT2D eigenvalue weighted by molar-refractivity contribution is 0.666. The van der Waals surface area contributed by atoms with E-state index in [1.165, 1.54) is 71.5 Å². The average Bonchev–Trinajstić information content (AvgIpc) is 3.84. The minimum Gasteiger partial charge on any atom is -0.332 e. The molecule has 4 heteroatoms. The van der Waals surface area contributed by atoms with E-state index < -0.39 is 0 Å². The zero-order valence-electron chi connectivity index (χ0n) is 32.6. The number of para-hydroxylation sites is 3. The summed E-state index contributed by atoms with van der Waals surface area (Å²) in [6.07, 6.45) is 2.57. The van der Waals surface area contributed by atoms with Crippen molar-refractivity contribution in [3.05, 3.63) is 229 Å². The zero-order valence-corrected chi connectivity index (χ0v) is 32.6. The molecule has 2 unspecified atom stereocenters. The number of hydrogen-bond donors (Lipinski definition) is 0. The molecule has 0 radical (unpaired) electrons. The Kier molecular flexibility index (Phi) is 7.10. The number of anilines is 2. The quantitative estimate of drug-likeness (QED) is 0.179. The van der Waals surface area contributed by atoms with Gasteiger partial charge < -0.3 is 4.90 Å². The molecule has 0 N–H and O–H groups in total. The second-order valence-electron chi connectivity index (χ2n) is 16.0. The van der Waals surface area contributed by atoms with Gasteiger partial charge in [0.2, 0.25) is 5.95 Å². The Bertz CT molecular complexity index is 3580. The van der Waals surface area contributed by atoms with Gasteiger partial charge in [0.1, 0.15) is 0 Å². The fourth-order valence-electron chi connectivity index (χ4n) is 10.4. The lowest BCUT2D eigenvalue weighted by Gasteiger charge is -2.36. The molecule has 9 aromatic carbocycles. The van der Waals surface area contributed by atoms with E-state index in [0.717, 1.165) is 33.2 Å². The van der Waals surface area contributed by atoms with Crippen molar-refractivity contribution in [2.24, 2.45) is 0 Å². The first-order valence-electron chi connectivity index (χ1n) is 20.7. The number of nitrogens with zero attached hydrogens (tertiary/aromatic N) is 4. The normalized spacial score (nSPS) is 15.7. The summed E-state index contributed by atoms with van der Waals surface area (Å²) in [6.45, 7) is 0. The van der Waals surface area contributed by atoms with Crippen molar-refractivity contribution in [1.82, 2.24) is 14.5 Å². The lowest BCUT2D eigenvalue weighted by atomic mass is 9.76. The fraction of sp³-hybridized carbons (Fsp3) is 0.0357. The molecule has 0 saturated carbocycles. The molecule has 3 heterocycles. The molecule has 1 aliphatic carbocycles. The molecular formula is C56H36N4. The van der Waals surface area contributed by atoms with E-state index in [0.29, 0.717) is 5.95 Å². The number of aromatic nitrogens is 3. The van der Waals surface area contributed by atoms with E-state index in [9.17, 15) is 0 Å². The molecule has 11 aromatic rings. The van der Waals surface area contributed by atoms with E-state index in [1.54, 1.807) is 0 Å². The smallest absolute Gasteiger partial charge is 0.235 e. The molecule has 2 aliphatic rings. The maximum absolute atomic E-state index is 5.41. The summed E-state index contributed by atoms with van der Waals surface area (Å²) in [7, 11) is 0. The van der Waals surface area contributed by atoms with Gasteiger partial charge in [0.05, 0.1) is 28.3 Å². The average molecular weight is 765 g/mol. The summed E-state index contributed by atoms with van der Waals surface area (Å²) in [6, 6.07) is 72.6. The maximum atomic E-state index is 5.41. The Hall–Kier alpha value is -7.82. The van der Waals surface area contributed by atoms with Crippen molar-refractivity contribution >= 4 is 71.2 Å². The predicted molar refractivity (Wildman–Crippen MR) is 248 cm³/mol. The van der Waals surface area contributed by atoms with Crippen LogP contribution >= 0.6 is 0 Å². The van der Waals surface area contributed by atoms with Crippen molar-refractivity contribution < 1.29 is 0 Å². The van der Waals surface area contributed by atoms with Crippen LogP contribution in [0.2, 0.25) is 0 Å². The largest absolute Gasteiger partial charge is 0.332 e. The van der Waals surface area contributed by atoms with Gasteiger partial charge in [-0.3, -0.25) is 4.57 Å². The van der Waals surface area contributed by atoms with Gasteiger partial charge in [0, 0.05) is 49.8 Å². The van der Waals surface area contributed by atoms with Crippen molar-refractivity contribution in [2.75, 3.05) is 4.90 Å². The monoisotopic (exact) mass is 764 g/mol. The molecule has 60 heavy (non-hydrogen) atoms. The lowest BCUT2D eigenvalue weighted by Crippen LogP contribution is -2.25. The summed E-state index contributed by atoms with van der Waals surface area (Å²) < 4.78 is 2.30. The highest BCUT2D eigenvalue weighted by Gasteiger charge is 2.43. The van der Waals surface area contributed by atoms with Crippen LogP contribution in [0.3, 0.4) is 0 Å². The molecule has 0 saturated heterocycles. The Morgan fingerprint density at radius 3 is 1.97 bits per heavy atom. The molecule has 2 aromatic heterocycles. The van der Waals surface area contributed by atoms with Crippen molar-refractivity contribution in [3.8, 4) is 17.2 Å². The zero-order chi connectivity index (χ0) is 39.3. The van der Waals surface area contributed by atoms with Gasteiger partial charge in [-0.15, -0.1) is 0 Å². The van der Waals surface area contributed by atoms with E-state index in [4.69, 9.17) is 9.97 Å². The van der Waals surface area contributed by atoms with Crippen molar-refractivity contribution in [2.45, 2.75) is 12.0 Å². The van der Waals surface area contributed by atoms with Crippen LogP contribution in [-0.4, -0.2) is 14.5 Å². The van der Waals surface area contributed by atoms with Crippen LogP contribution in [0.15, 0.2) is 206 Å². The number of rotatable bonds is 4. The van der Waals surface area contributed by atoms with Gasteiger partial charge in [-0.2, -0.15) is 0 Å². The minimum absolute atomic E-state index is 0.105. The van der Waals surface area contributed by atoms with Gasteiger partial charge in [-0.05, 0) is 68.9 Å². The van der Waals surface area contributed by atoms with Crippen LogP contribution in [-0.2, 0) is 0 Å². The van der Waals surface area contributed by atoms with Crippen LogP contribution in [0.25, 0.3) is 77.0 Å². The molecule has 280 valence electrons. The van der Waals surface area contributed by atoms with E-state index in [2.05, 4.69) is 216 Å². The highest BCUT2D eigenvalue weighted by Crippen LogP contribution is 2.59. The Labute approximate surface area is 347 Å². The van der Waals surface area contributed by atoms with Crippen LogP contribution < -0.4 is 4.90 Å². The van der Waals surface area contributed by atoms with E-state index >= 15 is 0 Å². The highest BCUT2D eigenvalue weighted by molar-refractivity contribution is 6.21. The fourth-order valence-corrected chi connectivity index (χ4v) is 10.4. The third-order valence-corrected chi connectivity index (χ3v) is 12.9. The Balaban J connectivity index is 1.08. The van der Waals surface area contributed by atoms with Crippen molar-refractivity contribution in [3.63, 3.8) is 0 Å². The SMILES string of the molecule is C1=C(c2cc3c4ccccc4n(-c4nc(-c5ccccc5)c5ccccc5n4)c3c3ccccc23)c2ccccc2C2C1c1ccccc1N2c1cccc2ccccc12. The highest BCUT2D eigenvalue weighted by atomic mass is 15.2. The molecule has 1 aliphatic heterocycles. The molecule has 0 spiro atoms. The first-order valence-corrected chi connectivity index (χ1v) is 20.7. The van der Waals surface area contributed by atoms with Crippen LogP contribution in [0.1, 0.15) is 34.2 Å². The first-order chi connectivity index (χ1) is 29.8. The summed E-state index contributed by atoms with van der Waals surface area (Å²) in [4.78, 5) is 13.3. The first kappa shape index (κ1) is 33.2. The van der Waals surface area contributed by atoms with Gasteiger partial charge in [-0.1, -0.05) is 176 Å². The summed E-state index contributed by atoms with van der Waals surface area (Å²) >= 11 is 0. The van der Waals surface area contributed by atoms with Crippen LogP contribution in [0.5, 0.6) is 0 Å². The standard InChI is InChI=1S/C56H36N4/c1-2-18-36(19-3-1)53-44-28-10-13-29-49(44)57-56(58-53)60-52-31-15-12-25-41(52)48-34-46(39-23-7-9-27-43(39)55(48)60)45-33-47-40-24-11-14-30-51(40)59(54(47)42-26-8-6-22-38(42)45)50-32-16-20-35-17-4-5-21-37(35)50/h1-34,47,54H. The summed E-state index contributed by atoms with van der Waals surface area (Å²) in [5.74, 6) is 0.807.